The van der Waals surface area contributed by atoms with Crippen LogP contribution >= 0.6 is 0 Å². The van der Waals surface area contributed by atoms with E-state index in [1.54, 1.807) is 6.07 Å². The quantitative estimate of drug-likeness (QED) is 0.684. The Bertz CT molecular complexity index is 545. The summed E-state index contributed by atoms with van der Waals surface area (Å²) in [5.41, 5.74) is 7.44. The summed E-state index contributed by atoms with van der Waals surface area (Å²) in [7, 11) is 1.41. The SMILES string of the molecule is COCC(Nc1nc2c(cc1C(N)=O)CCC2)C(=O)O. The van der Waals surface area contributed by atoms with Crippen LogP contribution in [0.1, 0.15) is 28.0 Å². The fraction of sp³-hybridized carbons (Fsp3) is 0.462. The van der Waals surface area contributed by atoms with E-state index in [0.29, 0.717) is 0 Å². The number of carboxylic acids is 1. The van der Waals surface area contributed by atoms with Crippen LogP contribution in [-0.4, -0.2) is 41.7 Å². The highest BCUT2D eigenvalue weighted by Crippen LogP contribution is 2.25. The van der Waals surface area contributed by atoms with E-state index in [1.165, 1.54) is 7.11 Å². The van der Waals surface area contributed by atoms with Crippen molar-refractivity contribution in [3.8, 4) is 0 Å². The van der Waals surface area contributed by atoms with E-state index < -0.39 is 17.9 Å². The summed E-state index contributed by atoms with van der Waals surface area (Å²) in [5.74, 6) is -1.50. The second kappa shape index (κ2) is 5.87. The van der Waals surface area contributed by atoms with E-state index in [9.17, 15) is 9.59 Å². The smallest absolute Gasteiger partial charge is 0.328 e. The summed E-state index contributed by atoms with van der Waals surface area (Å²) >= 11 is 0. The number of fused-ring (bicyclic) bond motifs is 1. The fourth-order valence-electron chi connectivity index (χ4n) is 2.28. The monoisotopic (exact) mass is 279 g/mol. The number of carboxylic acid groups (broad SMARTS) is 1. The molecule has 1 atom stereocenters. The Kier molecular flexibility index (Phi) is 4.19. The maximum atomic E-state index is 11.5. The molecule has 7 heteroatoms. The molecule has 1 aromatic rings. The van der Waals surface area contributed by atoms with Crippen LogP contribution in [0.4, 0.5) is 5.82 Å². The molecule has 0 saturated carbocycles. The van der Waals surface area contributed by atoms with Gasteiger partial charge in [0.1, 0.15) is 11.9 Å². The Hall–Kier alpha value is -2.15. The molecular formula is C13H17N3O4. The predicted molar refractivity (Wildman–Crippen MR) is 71.7 cm³/mol. The second-order valence-corrected chi connectivity index (χ2v) is 4.70. The fourth-order valence-corrected chi connectivity index (χ4v) is 2.28. The number of aryl methyl sites for hydroxylation is 2. The third-order valence-corrected chi connectivity index (χ3v) is 3.26. The number of hydrogen-bond donors (Lipinski definition) is 3. The zero-order valence-corrected chi connectivity index (χ0v) is 11.2. The molecule has 1 amide bonds. The van der Waals surface area contributed by atoms with Crippen molar-refractivity contribution in [2.45, 2.75) is 25.3 Å². The van der Waals surface area contributed by atoms with Gasteiger partial charge in [0.25, 0.3) is 5.91 Å². The Morgan fingerprint density at radius 1 is 1.55 bits per heavy atom. The van der Waals surface area contributed by atoms with Crippen LogP contribution < -0.4 is 11.1 Å². The molecule has 7 nitrogen and oxygen atoms in total. The molecule has 0 bridgehead atoms. The predicted octanol–water partition coefficient (Wildman–Crippen LogP) is 0.181. The molecule has 1 aliphatic rings. The zero-order valence-electron chi connectivity index (χ0n) is 11.2. The summed E-state index contributed by atoms with van der Waals surface area (Å²) in [4.78, 5) is 27.0. The standard InChI is InChI=1S/C13H17N3O4/c1-20-6-10(13(18)19)16-12-8(11(14)17)5-7-3-2-4-9(7)15-12/h5,10H,2-4,6H2,1H3,(H2,14,17)(H,15,16)(H,18,19). The van der Waals surface area contributed by atoms with Crippen molar-refractivity contribution in [1.82, 2.24) is 4.98 Å². The van der Waals surface area contributed by atoms with E-state index in [-0.39, 0.29) is 18.0 Å². The first-order chi connectivity index (χ1) is 9.52. The van der Waals surface area contributed by atoms with Gasteiger partial charge in [0, 0.05) is 12.8 Å². The molecule has 1 aromatic heterocycles. The van der Waals surface area contributed by atoms with Gasteiger partial charge in [-0.25, -0.2) is 9.78 Å². The molecule has 108 valence electrons. The summed E-state index contributed by atoms with van der Waals surface area (Å²) in [6.07, 6.45) is 2.67. The number of hydrogen-bond acceptors (Lipinski definition) is 5. The van der Waals surface area contributed by atoms with Crippen LogP contribution in [0.2, 0.25) is 0 Å². The number of nitrogens with one attached hydrogen (secondary N) is 1. The summed E-state index contributed by atoms with van der Waals surface area (Å²) in [6, 6.07) is 0.719. The minimum absolute atomic E-state index is 0.0354. The number of pyridine rings is 1. The number of anilines is 1. The molecule has 20 heavy (non-hydrogen) atoms. The van der Waals surface area contributed by atoms with Crippen LogP contribution in [0.15, 0.2) is 6.07 Å². The average Bonchev–Trinajstić information content (AvgIpc) is 2.84. The van der Waals surface area contributed by atoms with E-state index in [1.807, 2.05) is 0 Å². The number of carbonyl (C=O) groups is 2. The van der Waals surface area contributed by atoms with Gasteiger partial charge >= 0.3 is 5.97 Å². The Balaban J connectivity index is 2.34. The van der Waals surface area contributed by atoms with Crippen molar-refractivity contribution in [1.29, 1.82) is 0 Å². The molecule has 0 saturated heterocycles. The lowest BCUT2D eigenvalue weighted by atomic mass is 10.1. The van der Waals surface area contributed by atoms with Gasteiger partial charge in [-0.3, -0.25) is 4.79 Å². The number of aromatic nitrogens is 1. The largest absolute Gasteiger partial charge is 0.480 e. The lowest BCUT2D eigenvalue weighted by Gasteiger charge is -2.17. The number of aliphatic carboxylic acids is 1. The molecule has 0 spiro atoms. The van der Waals surface area contributed by atoms with Crippen LogP contribution in [-0.2, 0) is 22.4 Å². The van der Waals surface area contributed by atoms with Gasteiger partial charge in [0.15, 0.2) is 0 Å². The van der Waals surface area contributed by atoms with E-state index in [2.05, 4.69) is 10.3 Å². The molecule has 0 radical (unpaired) electrons. The highest BCUT2D eigenvalue weighted by molar-refractivity contribution is 5.98. The highest BCUT2D eigenvalue weighted by atomic mass is 16.5. The first-order valence-corrected chi connectivity index (χ1v) is 6.33. The normalized spacial score (nSPS) is 14.7. The number of primary amides is 1. The topological polar surface area (TPSA) is 115 Å². The van der Waals surface area contributed by atoms with Gasteiger partial charge in [-0.05, 0) is 30.9 Å². The van der Waals surface area contributed by atoms with E-state index in [0.717, 1.165) is 30.5 Å². The van der Waals surface area contributed by atoms with Crippen LogP contribution in [0.3, 0.4) is 0 Å². The molecule has 1 unspecified atom stereocenters. The maximum absolute atomic E-state index is 11.5. The minimum atomic E-state index is -1.08. The first kappa shape index (κ1) is 14.3. The number of amides is 1. The Morgan fingerprint density at radius 2 is 2.30 bits per heavy atom. The van der Waals surface area contributed by atoms with Gasteiger partial charge in [0.2, 0.25) is 0 Å². The van der Waals surface area contributed by atoms with Crippen molar-refractivity contribution >= 4 is 17.7 Å². The lowest BCUT2D eigenvalue weighted by molar-refractivity contribution is -0.139. The molecule has 1 aliphatic carbocycles. The lowest BCUT2D eigenvalue weighted by Crippen LogP contribution is -2.35. The van der Waals surface area contributed by atoms with Crippen LogP contribution in [0.5, 0.6) is 0 Å². The molecule has 0 aliphatic heterocycles. The number of nitrogens with zero attached hydrogens (tertiary/aromatic N) is 1. The van der Waals surface area contributed by atoms with Crippen molar-refractivity contribution < 1.29 is 19.4 Å². The van der Waals surface area contributed by atoms with Crippen molar-refractivity contribution in [3.05, 3.63) is 22.9 Å². The maximum Gasteiger partial charge on any atom is 0.328 e. The van der Waals surface area contributed by atoms with Crippen molar-refractivity contribution in [2.24, 2.45) is 5.73 Å². The Labute approximate surface area is 116 Å². The van der Waals surface area contributed by atoms with Crippen LogP contribution in [0.25, 0.3) is 0 Å². The highest BCUT2D eigenvalue weighted by Gasteiger charge is 2.23. The number of ether oxygens (including phenoxy) is 1. The van der Waals surface area contributed by atoms with Gasteiger partial charge in [-0.15, -0.1) is 0 Å². The summed E-state index contributed by atoms with van der Waals surface area (Å²) < 4.78 is 4.84. The van der Waals surface area contributed by atoms with E-state index in [4.69, 9.17) is 15.6 Å². The third-order valence-electron chi connectivity index (χ3n) is 3.26. The van der Waals surface area contributed by atoms with Crippen molar-refractivity contribution in [3.63, 3.8) is 0 Å². The molecule has 0 fully saturated rings. The van der Waals surface area contributed by atoms with Gasteiger partial charge in [0.05, 0.1) is 12.2 Å². The Morgan fingerprint density at radius 3 is 2.90 bits per heavy atom. The number of carbonyl (C=O) groups excluding carboxylic acids is 1. The molecule has 4 N–H and O–H groups in total. The van der Waals surface area contributed by atoms with Gasteiger partial charge < -0.3 is 20.9 Å². The number of rotatable bonds is 6. The van der Waals surface area contributed by atoms with Crippen molar-refractivity contribution in [2.75, 3.05) is 19.0 Å². The number of methoxy groups -OCH3 is 1. The van der Waals surface area contributed by atoms with Gasteiger partial charge in [-0.1, -0.05) is 0 Å². The molecule has 2 rings (SSSR count). The van der Waals surface area contributed by atoms with Crippen LogP contribution in [0, 0.1) is 0 Å². The summed E-state index contributed by atoms with van der Waals surface area (Å²) in [5, 5.41) is 11.8. The number of nitrogens with two attached hydrogens (primary N) is 1. The molecule has 1 heterocycles. The second-order valence-electron chi connectivity index (χ2n) is 4.70. The zero-order chi connectivity index (χ0) is 14.7. The third kappa shape index (κ3) is 2.88. The minimum Gasteiger partial charge on any atom is -0.480 e. The average molecular weight is 279 g/mol. The first-order valence-electron chi connectivity index (χ1n) is 6.33. The molecule has 0 aromatic carbocycles. The van der Waals surface area contributed by atoms with Gasteiger partial charge in [-0.2, -0.15) is 0 Å². The molecular weight excluding hydrogens is 262 g/mol. The van der Waals surface area contributed by atoms with E-state index >= 15 is 0 Å². The summed E-state index contributed by atoms with van der Waals surface area (Å²) in [6.45, 7) is -0.0354.